The maximum atomic E-state index is 6.43. The lowest BCUT2D eigenvalue weighted by molar-refractivity contribution is 0.187. The molecule has 4 aromatic rings. The second-order valence-corrected chi connectivity index (χ2v) is 11.3. The lowest BCUT2D eigenvalue weighted by Gasteiger charge is -2.21. The molecule has 0 unspecified atom stereocenters. The molecule has 0 bridgehead atoms. The van der Waals surface area contributed by atoms with Gasteiger partial charge in [-0.15, -0.1) is 0 Å². The van der Waals surface area contributed by atoms with Gasteiger partial charge in [-0.1, -0.05) is 60.7 Å². The fraction of sp³-hybridized carbons (Fsp3) is 0.286. The molecule has 0 aromatic heterocycles. The lowest BCUT2D eigenvalue weighted by Crippen LogP contribution is -2.13. The zero-order chi connectivity index (χ0) is 24.8. The van der Waals surface area contributed by atoms with Gasteiger partial charge < -0.3 is 9.05 Å². The average Bonchev–Trinajstić information content (AvgIpc) is 3.37. The highest BCUT2D eigenvalue weighted by Crippen LogP contribution is 2.56. The van der Waals surface area contributed by atoms with Crippen molar-refractivity contribution in [2.45, 2.75) is 52.1 Å². The second-order valence-electron chi connectivity index (χ2n) is 9.19. The van der Waals surface area contributed by atoms with Gasteiger partial charge >= 0.3 is 17.2 Å². The average molecular weight is 522 g/mol. The summed E-state index contributed by atoms with van der Waals surface area (Å²) in [5, 5.41) is 4.30. The molecular formula is C28H28O6P2. The number of fused-ring (bicyclic) bond motifs is 2. The fourth-order valence-corrected chi connectivity index (χ4v) is 7.02. The van der Waals surface area contributed by atoms with Crippen LogP contribution in [0, 0.1) is 0 Å². The van der Waals surface area contributed by atoms with Gasteiger partial charge in [0.2, 0.25) is 0 Å². The molecule has 6 nitrogen and oxygen atoms in total. The summed E-state index contributed by atoms with van der Waals surface area (Å²) in [6.07, 6.45) is -0.111. The number of hydrogen-bond acceptors (Lipinski definition) is 6. The Morgan fingerprint density at radius 3 is 1.25 bits per heavy atom. The maximum absolute atomic E-state index is 6.43. The van der Waals surface area contributed by atoms with Gasteiger partial charge in [0, 0.05) is 11.1 Å². The van der Waals surface area contributed by atoms with Gasteiger partial charge in [-0.25, -0.2) is 0 Å². The standard InChI is InChI=1S/C28H28O6P2/c1-17-18(2)30-35(29-17)33-25-15-13-21-9-5-7-11-23(21)27(25)28-24-12-8-6-10-22(24)14-16-26(28)34-36-31-19(3)20(4)32-36/h5-20H,1-4H3/t17-,18-,19-,20-/m1/s1. The third-order valence-corrected chi connectivity index (χ3v) is 9.42. The summed E-state index contributed by atoms with van der Waals surface area (Å²) in [6.45, 7) is 8.00. The molecule has 6 rings (SSSR count). The molecule has 4 atom stereocenters. The molecule has 0 N–H and O–H groups in total. The van der Waals surface area contributed by atoms with E-state index in [2.05, 4.69) is 36.4 Å². The molecule has 186 valence electrons. The molecule has 0 aliphatic carbocycles. The fourth-order valence-electron chi connectivity index (χ4n) is 4.35. The third-order valence-electron chi connectivity index (χ3n) is 6.71. The zero-order valence-corrected chi connectivity index (χ0v) is 22.4. The van der Waals surface area contributed by atoms with Crippen LogP contribution in [0.5, 0.6) is 11.5 Å². The number of benzene rings is 4. The number of hydrogen-bond donors (Lipinski definition) is 0. The minimum atomic E-state index is -1.53. The Balaban J connectivity index is 1.54. The summed E-state index contributed by atoms with van der Waals surface area (Å²) >= 11 is 0. The van der Waals surface area contributed by atoms with E-state index in [9.17, 15) is 0 Å². The van der Waals surface area contributed by atoms with Crippen molar-refractivity contribution in [3.05, 3.63) is 72.8 Å². The van der Waals surface area contributed by atoms with Gasteiger partial charge in [0.15, 0.2) is 0 Å². The van der Waals surface area contributed by atoms with Crippen molar-refractivity contribution in [1.29, 1.82) is 0 Å². The van der Waals surface area contributed by atoms with E-state index >= 15 is 0 Å². The molecular weight excluding hydrogens is 494 g/mol. The first kappa shape index (κ1) is 24.1. The highest BCUT2D eigenvalue weighted by Gasteiger charge is 2.36. The van der Waals surface area contributed by atoms with Crippen LogP contribution in [0.25, 0.3) is 32.7 Å². The Labute approximate surface area is 213 Å². The molecule has 36 heavy (non-hydrogen) atoms. The van der Waals surface area contributed by atoms with Crippen molar-refractivity contribution < 1.29 is 27.1 Å². The monoisotopic (exact) mass is 522 g/mol. The Kier molecular flexibility index (Phi) is 6.60. The summed E-state index contributed by atoms with van der Waals surface area (Å²) in [5.41, 5.74) is 1.86. The van der Waals surface area contributed by atoms with Crippen LogP contribution in [0.2, 0.25) is 0 Å². The molecule has 4 aromatic carbocycles. The topological polar surface area (TPSA) is 55.4 Å². The van der Waals surface area contributed by atoms with Crippen LogP contribution in [-0.4, -0.2) is 24.4 Å². The van der Waals surface area contributed by atoms with Crippen molar-refractivity contribution in [2.75, 3.05) is 0 Å². The van der Waals surface area contributed by atoms with Crippen LogP contribution in [0.3, 0.4) is 0 Å². The van der Waals surface area contributed by atoms with Gasteiger partial charge in [-0.2, -0.15) is 0 Å². The van der Waals surface area contributed by atoms with Crippen molar-refractivity contribution in [3.8, 4) is 22.6 Å². The zero-order valence-electron chi connectivity index (χ0n) is 20.6. The lowest BCUT2D eigenvalue weighted by atomic mass is 9.92. The van der Waals surface area contributed by atoms with Crippen LogP contribution in [0.15, 0.2) is 72.8 Å². The minimum Gasteiger partial charge on any atom is -0.426 e. The molecule has 8 heteroatoms. The van der Waals surface area contributed by atoms with Crippen molar-refractivity contribution in [1.82, 2.24) is 0 Å². The smallest absolute Gasteiger partial charge is 0.397 e. The van der Waals surface area contributed by atoms with E-state index in [1.165, 1.54) is 0 Å². The summed E-state index contributed by atoms with van der Waals surface area (Å²) in [5.74, 6) is 1.37. The van der Waals surface area contributed by atoms with E-state index in [1.54, 1.807) is 0 Å². The van der Waals surface area contributed by atoms with Crippen molar-refractivity contribution in [2.24, 2.45) is 0 Å². The highest BCUT2D eigenvalue weighted by molar-refractivity contribution is 7.42. The van der Waals surface area contributed by atoms with Gasteiger partial charge in [-0.3, -0.25) is 18.1 Å². The van der Waals surface area contributed by atoms with Crippen molar-refractivity contribution in [3.63, 3.8) is 0 Å². The van der Waals surface area contributed by atoms with Crippen LogP contribution in [0.4, 0.5) is 0 Å². The Bertz CT molecular complexity index is 1280. The summed E-state index contributed by atoms with van der Waals surface area (Å²) in [7, 11) is -3.05. The van der Waals surface area contributed by atoms with Gasteiger partial charge in [0.1, 0.15) is 11.5 Å². The molecule has 0 amide bonds. The van der Waals surface area contributed by atoms with E-state index < -0.39 is 17.2 Å². The van der Waals surface area contributed by atoms with E-state index in [0.29, 0.717) is 11.5 Å². The highest BCUT2D eigenvalue weighted by atomic mass is 31.2. The van der Waals surface area contributed by atoms with Crippen LogP contribution >= 0.6 is 17.2 Å². The molecule has 2 heterocycles. The predicted octanol–water partition coefficient (Wildman–Crippen LogP) is 8.52. The normalized spacial score (nSPS) is 25.1. The minimum absolute atomic E-state index is 0.0279. The third kappa shape index (κ3) is 4.48. The largest absolute Gasteiger partial charge is 0.426 e. The molecule has 0 radical (unpaired) electrons. The van der Waals surface area contributed by atoms with Gasteiger partial charge in [-0.05, 0) is 61.4 Å². The summed E-state index contributed by atoms with van der Waals surface area (Å²) < 4.78 is 36.8. The van der Waals surface area contributed by atoms with E-state index in [1.807, 2.05) is 64.1 Å². The molecule has 0 saturated carbocycles. The first-order valence-electron chi connectivity index (χ1n) is 12.1. The van der Waals surface area contributed by atoms with E-state index in [4.69, 9.17) is 27.1 Å². The summed E-state index contributed by atoms with van der Waals surface area (Å²) in [4.78, 5) is 0. The Hall–Kier alpha value is -2.30. The predicted molar refractivity (Wildman–Crippen MR) is 144 cm³/mol. The van der Waals surface area contributed by atoms with E-state index in [0.717, 1.165) is 32.7 Å². The molecule has 2 saturated heterocycles. The maximum Gasteiger partial charge on any atom is 0.397 e. The quantitative estimate of drug-likeness (QED) is 0.245. The Morgan fingerprint density at radius 1 is 0.500 bits per heavy atom. The molecule has 2 aliphatic rings. The Morgan fingerprint density at radius 2 is 0.861 bits per heavy atom. The van der Waals surface area contributed by atoms with Crippen LogP contribution < -0.4 is 9.05 Å². The SMILES string of the molecule is C[C@H]1OP(Oc2ccc3ccccc3c2-c2c(OP3O[C@H](C)[C@@H](C)O3)ccc3ccccc23)O[C@@H]1C. The summed E-state index contributed by atoms with van der Waals surface area (Å²) in [6, 6.07) is 24.7. The van der Waals surface area contributed by atoms with E-state index in [-0.39, 0.29) is 24.4 Å². The first-order valence-corrected chi connectivity index (χ1v) is 14.3. The van der Waals surface area contributed by atoms with Gasteiger partial charge in [0.25, 0.3) is 0 Å². The van der Waals surface area contributed by atoms with Crippen LogP contribution in [-0.2, 0) is 18.1 Å². The van der Waals surface area contributed by atoms with Crippen molar-refractivity contribution >= 4 is 38.7 Å². The first-order chi connectivity index (χ1) is 17.5. The second kappa shape index (κ2) is 9.87. The molecule has 2 aliphatic heterocycles. The number of rotatable bonds is 5. The molecule has 0 spiro atoms. The van der Waals surface area contributed by atoms with Gasteiger partial charge in [0.05, 0.1) is 24.4 Å². The van der Waals surface area contributed by atoms with Crippen LogP contribution in [0.1, 0.15) is 27.7 Å². The molecule has 2 fully saturated rings.